The summed E-state index contributed by atoms with van der Waals surface area (Å²) in [4.78, 5) is 3.07. The summed E-state index contributed by atoms with van der Waals surface area (Å²) >= 11 is 5.93. The largest absolute Gasteiger partial charge is 0.485 e. The minimum absolute atomic E-state index is 0.333. The van der Waals surface area contributed by atoms with Gasteiger partial charge in [0.05, 0.1) is 33.2 Å². The Hall–Kier alpha value is -2.68. The second-order valence-corrected chi connectivity index (χ2v) is 9.28. The average Bonchev–Trinajstić information content (AvgIpc) is 3.15. The molecule has 7 nitrogen and oxygen atoms in total. The number of hydrogen-bond donors (Lipinski definition) is 2. The van der Waals surface area contributed by atoms with Crippen LogP contribution < -0.4 is 19.3 Å². The minimum Gasteiger partial charge on any atom is -0.485 e. The Labute approximate surface area is 193 Å². The molecule has 0 amide bonds. The fourth-order valence-electron chi connectivity index (χ4n) is 4.67. The van der Waals surface area contributed by atoms with E-state index < -0.39 is 0 Å². The molecule has 168 valence electrons. The molecule has 5 rings (SSSR count). The van der Waals surface area contributed by atoms with Gasteiger partial charge < -0.3 is 19.3 Å². The first-order valence-electron chi connectivity index (χ1n) is 11.4. The highest BCUT2D eigenvalue weighted by atomic mass is 32.1. The maximum Gasteiger partial charge on any atom is 0.207 e. The second-order valence-electron chi connectivity index (χ2n) is 8.91. The van der Waals surface area contributed by atoms with Crippen molar-refractivity contribution in [2.24, 2.45) is 0 Å². The molecule has 3 heterocycles. The molecule has 8 heteroatoms. The summed E-state index contributed by atoms with van der Waals surface area (Å²) in [6.07, 6.45) is 2.13. The lowest BCUT2D eigenvalue weighted by molar-refractivity contribution is -0.954. The maximum atomic E-state index is 6.30. The predicted molar refractivity (Wildman–Crippen MR) is 124 cm³/mol. The Morgan fingerprint density at radius 3 is 2.50 bits per heavy atom. The molecule has 1 fully saturated rings. The highest BCUT2D eigenvalue weighted by Crippen LogP contribution is 2.36. The minimum atomic E-state index is -0.333. The topological polar surface area (TPSA) is 50.1 Å². The molecule has 0 aliphatic carbocycles. The summed E-state index contributed by atoms with van der Waals surface area (Å²) in [6, 6.07) is 18.5. The Bertz CT molecular complexity index is 1120. The first-order chi connectivity index (χ1) is 15.6. The number of fused-ring (bicyclic) bond motifs is 1. The number of quaternary nitrogens is 2. The van der Waals surface area contributed by atoms with Crippen molar-refractivity contribution in [3.8, 4) is 17.2 Å². The Morgan fingerprint density at radius 2 is 1.75 bits per heavy atom. The van der Waals surface area contributed by atoms with Gasteiger partial charge in [-0.25, -0.2) is 0 Å². The molecule has 32 heavy (non-hydrogen) atoms. The first-order valence-corrected chi connectivity index (χ1v) is 11.8. The zero-order valence-corrected chi connectivity index (χ0v) is 19.5. The van der Waals surface area contributed by atoms with Gasteiger partial charge in [0.2, 0.25) is 4.77 Å². The van der Waals surface area contributed by atoms with Gasteiger partial charge in [-0.2, -0.15) is 4.68 Å². The number of benzene rings is 2. The number of nitrogens with one attached hydrogen (secondary N) is 2. The smallest absolute Gasteiger partial charge is 0.207 e. The number of rotatable bonds is 5. The number of likely N-dealkylation sites (tertiary alicyclic amines) is 1. The Morgan fingerprint density at radius 1 is 1.06 bits per heavy atom. The highest BCUT2D eigenvalue weighted by molar-refractivity contribution is 7.71. The fourth-order valence-corrected chi connectivity index (χ4v) is 4.98. The van der Waals surface area contributed by atoms with E-state index in [-0.39, 0.29) is 6.10 Å². The lowest BCUT2D eigenvalue weighted by atomic mass is 10.0. The van der Waals surface area contributed by atoms with Crippen LogP contribution in [0.2, 0.25) is 0 Å². The molecule has 1 saturated heterocycles. The Balaban J connectivity index is 1.47. The third-order valence-electron chi connectivity index (χ3n) is 6.61. The van der Waals surface area contributed by atoms with Crippen LogP contribution in [0.1, 0.15) is 24.8 Å². The van der Waals surface area contributed by atoms with Crippen LogP contribution in [-0.2, 0) is 6.67 Å². The number of nitrogens with zero attached hydrogens (tertiary/aromatic N) is 3. The van der Waals surface area contributed by atoms with Crippen molar-refractivity contribution in [3.63, 3.8) is 0 Å². The van der Waals surface area contributed by atoms with E-state index in [0.717, 1.165) is 29.7 Å². The molecule has 2 atom stereocenters. The van der Waals surface area contributed by atoms with Crippen molar-refractivity contribution in [1.82, 2.24) is 14.3 Å². The van der Waals surface area contributed by atoms with E-state index in [1.807, 2.05) is 51.7 Å². The molecule has 3 aromatic rings. The van der Waals surface area contributed by atoms with E-state index in [1.165, 1.54) is 30.8 Å². The van der Waals surface area contributed by atoms with Crippen molar-refractivity contribution < 1.29 is 19.3 Å². The van der Waals surface area contributed by atoms with Gasteiger partial charge in [-0.1, -0.05) is 30.3 Å². The van der Waals surface area contributed by atoms with Crippen LogP contribution in [0.15, 0.2) is 54.6 Å². The van der Waals surface area contributed by atoms with Crippen molar-refractivity contribution >= 4 is 12.2 Å². The molecule has 0 saturated carbocycles. The molecule has 1 unspecified atom stereocenters. The molecule has 1 aromatic heterocycles. The molecule has 2 N–H and O–H groups in total. The van der Waals surface area contributed by atoms with E-state index in [4.69, 9.17) is 26.8 Å². The zero-order valence-electron chi connectivity index (χ0n) is 18.7. The van der Waals surface area contributed by atoms with Crippen LogP contribution in [0.4, 0.5) is 0 Å². The first kappa shape index (κ1) is 21.2. The zero-order chi connectivity index (χ0) is 22.1. The maximum absolute atomic E-state index is 6.30. The van der Waals surface area contributed by atoms with Crippen molar-refractivity contribution in [2.75, 3.05) is 33.8 Å². The van der Waals surface area contributed by atoms with E-state index >= 15 is 0 Å². The van der Waals surface area contributed by atoms with Gasteiger partial charge in [0.1, 0.15) is 6.61 Å². The highest BCUT2D eigenvalue weighted by Gasteiger charge is 2.31. The molecule has 0 bridgehead atoms. The van der Waals surface area contributed by atoms with Crippen LogP contribution in [0.25, 0.3) is 5.69 Å². The van der Waals surface area contributed by atoms with Crippen molar-refractivity contribution in [1.29, 1.82) is 0 Å². The van der Waals surface area contributed by atoms with Crippen LogP contribution in [0, 0.1) is 4.77 Å². The normalized spacial score (nSPS) is 23.6. The predicted octanol–water partition coefficient (Wildman–Crippen LogP) is 1.07. The molecule has 2 aliphatic heterocycles. The summed E-state index contributed by atoms with van der Waals surface area (Å²) in [5.41, 5.74) is 0.988. The van der Waals surface area contributed by atoms with Gasteiger partial charge in [-0.3, -0.25) is 4.57 Å². The lowest BCUT2D eigenvalue weighted by Crippen LogP contribution is -3.17. The van der Waals surface area contributed by atoms with Crippen molar-refractivity contribution in [3.05, 3.63) is 65.2 Å². The summed E-state index contributed by atoms with van der Waals surface area (Å²) in [7, 11) is 4.53. The van der Waals surface area contributed by atoms with Crippen LogP contribution in [-0.4, -0.2) is 54.2 Å². The number of hydrogen-bond acceptors (Lipinski definition) is 4. The summed E-state index contributed by atoms with van der Waals surface area (Å²) in [5.74, 6) is 2.28. The van der Waals surface area contributed by atoms with Gasteiger partial charge in [0.15, 0.2) is 30.1 Å². The number of ether oxygens (including phenoxy) is 2. The molecular formula is C24H31N5O2S+2. The molecular weight excluding hydrogens is 422 g/mol. The fraction of sp³-hybridized carbons (Fsp3) is 0.417. The number of piperidine rings is 1. The Kier molecular flexibility index (Phi) is 5.99. The summed E-state index contributed by atoms with van der Waals surface area (Å²) < 4.78 is 17.0. The molecule has 2 aliphatic rings. The quantitative estimate of drug-likeness (QED) is 0.568. The van der Waals surface area contributed by atoms with Crippen LogP contribution >= 0.6 is 12.2 Å². The van der Waals surface area contributed by atoms with Gasteiger partial charge in [-0.15, -0.1) is 5.10 Å². The van der Waals surface area contributed by atoms with E-state index in [0.29, 0.717) is 17.4 Å². The van der Waals surface area contributed by atoms with Gasteiger partial charge in [0.25, 0.3) is 0 Å². The second kappa shape index (κ2) is 9.05. The average molecular weight is 454 g/mol. The summed E-state index contributed by atoms with van der Waals surface area (Å²) in [5, 5.41) is 4.98. The van der Waals surface area contributed by atoms with Crippen molar-refractivity contribution in [2.45, 2.75) is 31.7 Å². The van der Waals surface area contributed by atoms with E-state index in [2.05, 4.69) is 26.2 Å². The number of para-hydroxylation sites is 3. The van der Waals surface area contributed by atoms with Crippen LogP contribution in [0.3, 0.4) is 0 Å². The van der Waals surface area contributed by atoms with Gasteiger partial charge in [0, 0.05) is 18.5 Å². The number of aromatic nitrogens is 3. The molecule has 0 spiro atoms. The third-order valence-corrected chi connectivity index (χ3v) is 7.00. The SMILES string of the molecule is C[NH+]1CCC([NH+](C)Cn2nc([C@@H]3COc4ccccc4O3)n(-c3ccccc3)c2=S)CC1. The molecule has 0 radical (unpaired) electrons. The third kappa shape index (κ3) is 4.18. The van der Waals surface area contributed by atoms with Gasteiger partial charge in [-0.05, 0) is 36.5 Å². The van der Waals surface area contributed by atoms with Gasteiger partial charge >= 0.3 is 0 Å². The van der Waals surface area contributed by atoms with E-state index in [9.17, 15) is 0 Å². The summed E-state index contributed by atoms with van der Waals surface area (Å²) in [6.45, 7) is 3.59. The monoisotopic (exact) mass is 453 g/mol. The standard InChI is InChI=1S/C24H29N5O2S/c1-26-14-12-18(13-15-26)27(2)17-28-24(32)29(19-8-4-3-5-9-19)23(25-28)22-16-30-20-10-6-7-11-21(20)31-22/h3-11,18,22H,12-17H2,1-2H3/p+2/t22-/m0/s1. The van der Waals surface area contributed by atoms with E-state index in [1.54, 1.807) is 4.90 Å². The lowest BCUT2D eigenvalue weighted by Gasteiger charge is -2.30. The molecule has 2 aromatic carbocycles. The van der Waals surface area contributed by atoms with Crippen LogP contribution in [0.5, 0.6) is 11.5 Å².